The van der Waals surface area contributed by atoms with Gasteiger partial charge < -0.3 is 0 Å². The summed E-state index contributed by atoms with van der Waals surface area (Å²) in [5, 5.41) is 17.7. The second-order valence-electron chi connectivity index (χ2n) is 19.4. The van der Waals surface area contributed by atoms with Crippen LogP contribution in [-0.2, 0) is 0 Å². The molecule has 14 aromatic carbocycles. The lowest BCUT2D eigenvalue weighted by Gasteiger charge is -2.20. The third-order valence-corrected chi connectivity index (χ3v) is 16.6. The zero-order chi connectivity index (χ0) is 48.0. The molecule has 0 aliphatic carbocycles. The Morgan fingerprint density at radius 3 is 0.890 bits per heavy atom. The Balaban J connectivity index is 0.892. The van der Waals surface area contributed by atoms with Crippen LogP contribution < -0.4 is 0 Å². The molecule has 0 bridgehead atoms. The van der Waals surface area contributed by atoms with E-state index in [1.54, 1.807) is 0 Å². The smallest absolute Gasteiger partial charge is 0.0361 e. The van der Waals surface area contributed by atoms with Crippen molar-refractivity contribution in [2.45, 2.75) is 0 Å². The summed E-state index contributed by atoms with van der Waals surface area (Å²) >= 11 is 1.89. The summed E-state index contributed by atoms with van der Waals surface area (Å²) in [5.41, 5.74) is 15.1. The minimum absolute atomic E-state index is 1.23. The number of hydrogen-bond acceptors (Lipinski definition) is 1. The summed E-state index contributed by atoms with van der Waals surface area (Å²) in [6, 6.07) is 99.2. The molecule has 0 saturated heterocycles. The Morgan fingerprint density at radius 1 is 0.164 bits per heavy atom. The molecule has 0 amide bonds. The number of thiophene rings is 1. The van der Waals surface area contributed by atoms with Gasteiger partial charge in [-0.1, -0.05) is 249 Å². The van der Waals surface area contributed by atoms with Crippen LogP contribution >= 0.6 is 11.3 Å². The Kier molecular flexibility index (Phi) is 9.55. The number of fused-ring (bicyclic) bond motifs is 9. The van der Waals surface area contributed by atoms with E-state index in [0.29, 0.717) is 0 Å². The van der Waals surface area contributed by atoms with Crippen LogP contribution in [0.25, 0.3) is 152 Å². The van der Waals surface area contributed by atoms with Crippen molar-refractivity contribution >= 4 is 96.1 Å². The van der Waals surface area contributed by atoms with Gasteiger partial charge in [-0.2, -0.15) is 0 Å². The van der Waals surface area contributed by atoms with Gasteiger partial charge in [0, 0.05) is 20.2 Å². The van der Waals surface area contributed by atoms with Gasteiger partial charge in [-0.3, -0.25) is 0 Å². The molecule has 0 aliphatic rings. The van der Waals surface area contributed by atoms with E-state index in [0.717, 1.165) is 0 Å². The topological polar surface area (TPSA) is 0 Å². The molecule has 1 heteroatoms. The van der Waals surface area contributed by atoms with Crippen molar-refractivity contribution in [2.75, 3.05) is 0 Å². The third kappa shape index (κ3) is 6.53. The van der Waals surface area contributed by atoms with Crippen molar-refractivity contribution in [3.63, 3.8) is 0 Å². The number of hydrogen-bond donors (Lipinski definition) is 0. The van der Waals surface area contributed by atoms with E-state index >= 15 is 0 Å². The summed E-state index contributed by atoms with van der Waals surface area (Å²) in [7, 11) is 0. The Bertz CT molecular complexity index is 4600. The number of rotatable bonds is 6. The predicted molar refractivity (Wildman–Crippen MR) is 317 cm³/mol. The SMILES string of the molecule is c1ccc(-c2ccc(-c3c4ccccc4c(-c4ccc5c(c4)sc4ccc(-c6c7ccccc7c(-c7ccc(-c8ccccc8)c8ccccc78)c7ccccc67)cc45)c4ccccc34)c3ccccc23)cc1. The van der Waals surface area contributed by atoms with Gasteiger partial charge >= 0.3 is 0 Å². The molecule has 0 nitrogen and oxygen atoms in total. The molecule has 0 aliphatic heterocycles. The molecule has 0 fully saturated rings. The molecular formula is C72H44S. The van der Waals surface area contributed by atoms with Crippen LogP contribution in [0.3, 0.4) is 0 Å². The van der Waals surface area contributed by atoms with Crippen LogP contribution in [0.4, 0.5) is 0 Å². The predicted octanol–water partition coefficient (Wildman–Crippen LogP) is 21.0. The van der Waals surface area contributed by atoms with Gasteiger partial charge in [0.15, 0.2) is 0 Å². The number of benzene rings is 14. The van der Waals surface area contributed by atoms with Crippen LogP contribution in [0, 0.1) is 0 Å². The van der Waals surface area contributed by atoms with E-state index < -0.39 is 0 Å². The Hall–Kier alpha value is -9.14. The van der Waals surface area contributed by atoms with E-state index in [1.165, 1.54) is 152 Å². The highest BCUT2D eigenvalue weighted by atomic mass is 32.1. The standard InChI is InChI=1S/C72H44S/c1-3-19-45(20-4-1)49-38-40-64(53-25-9-7-23-51(49)53)71-60-31-15-11-27-56(60)69(57-28-12-16-32-61(57)71)47-36-42-67-66(43-47)55-37-35-48(44-68(55)73-67)70-58-29-13-17-33-62(58)72(63-34-18-14-30-59(63)70)65-41-39-50(46-21-5-2-6-22-46)52-24-8-10-26-54(52)65/h1-44H. The molecule has 0 atom stereocenters. The fourth-order valence-corrected chi connectivity index (χ4v) is 13.4. The van der Waals surface area contributed by atoms with Crippen molar-refractivity contribution in [1.29, 1.82) is 0 Å². The van der Waals surface area contributed by atoms with Gasteiger partial charge in [0.2, 0.25) is 0 Å². The molecule has 73 heavy (non-hydrogen) atoms. The van der Waals surface area contributed by atoms with Crippen molar-refractivity contribution < 1.29 is 0 Å². The van der Waals surface area contributed by atoms with Crippen LogP contribution in [0.5, 0.6) is 0 Å². The van der Waals surface area contributed by atoms with E-state index in [2.05, 4.69) is 267 Å². The van der Waals surface area contributed by atoms with Crippen molar-refractivity contribution in [3.05, 3.63) is 267 Å². The fraction of sp³-hybridized carbons (Fsp3) is 0. The lowest BCUT2D eigenvalue weighted by atomic mass is 9.83. The van der Waals surface area contributed by atoms with Crippen molar-refractivity contribution in [2.24, 2.45) is 0 Å². The molecule has 0 saturated carbocycles. The van der Waals surface area contributed by atoms with Gasteiger partial charge in [0.1, 0.15) is 0 Å². The van der Waals surface area contributed by atoms with E-state index in [4.69, 9.17) is 0 Å². The minimum Gasteiger partial charge on any atom is -0.135 e. The lowest BCUT2D eigenvalue weighted by molar-refractivity contribution is 1.64. The largest absolute Gasteiger partial charge is 0.135 e. The molecule has 0 unspecified atom stereocenters. The highest BCUT2D eigenvalue weighted by Crippen LogP contribution is 2.50. The summed E-state index contributed by atoms with van der Waals surface area (Å²) in [4.78, 5) is 0. The molecule has 0 spiro atoms. The van der Waals surface area contributed by atoms with E-state index in [-0.39, 0.29) is 0 Å². The first-order valence-corrected chi connectivity index (χ1v) is 26.1. The summed E-state index contributed by atoms with van der Waals surface area (Å²) in [6.45, 7) is 0. The molecule has 15 rings (SSSR count). The van der Waals surface area contributed by atoms with Crippen LogP contribution in [0.1, 0.15) is 0 Å². The zero-order valence-corrected chi connectivity index (χ0v) is 40.6. The fourth-order valence-electron chi connectivity index (χ4n) is 12.3. The first-order valence-electron chi connectivity index (χ1n) is 25.2. The molecule has 0 N–H and O–H groups in total. The monoisotopic (exact) mass is 940 g/mol. The molecule has 1 heterocycles. The van der Waals surface area contributed by atoms with Crippen LogP contribution in [0.15, 0.2) is 267 Å². The van der Waals surface area contributed by atoms with Gasteiger partial charge in [0.25, 0.3) is 0 Å². The van der Waals surface area contributed by atoms with Gasteiger partial charge in [0.05, 0.1) is 0 Å². The normalized spacial score (nSPS) is 11.8. The minimum atomic E-state index is 1.23. The summed E-state index contributed by atoms with van der Waals surface area (Å²) in [6.07, 6.45) is 0. The third-order valence-electron chi connectivity index (χ3n) is 15.5. The Labute approximate surface area is 427 Å². The summed E-state index contributed by atoms with van der Waals surface area (Å²) in [5.74, 6) is 0. The quantitative estimate of drug-likeness (QED) is 0.146. The van der Waals surface area contributed by atoms with E-state index in [1.807, 2.05) is 11.3 Å². The van der Waals surface area contributed by atoms with Gasteiger partial charge in [-0.05, 0) is 150 Å². The molecule has 15 aromatic rings. The first-order chi connectivity index (χ1) is 36.2. The Morgan fingerprint density at radius 2 is 0.479 bits per heavy atom. The second-order valence-corrected chi connectivity index (χ2v) is 20.4. The zero-order valence-electron chi connectivity index (χ0n) is 39.8. The maximum absolute atomic E-state index is 2.46. The molecular weight excluding hydrogens is 897 g/mol. The van der Waals surface area contributed by atoms with Gasteiger partial charge in [-0.25, -0.2) is 0 Å². The van der Waals surface area contributed by atoms with Gasteiger partial charge in [-0.15, -0.1) is 11.3 Å². The maximum atomic E-state index is 2.46. The second kappa shape index (κ2) is 16.7. The average molecular weight is 941 g/mol. The average Bonchev–Trinajstić information content (AvgIpc) is 3.83. The van der Waals surface area contributed by atoms with Crippen LogP contribution in [0.2, 0.25) is 0 Å². The highest BCUT2D eigenvalue weighted by Gasteiger charge is 2.22. The molecule has 338 valence electrons. The van der Waals surface area contributed by atoms with Crippen LogP contribution in [-0.4, -0.2) is 0 Å². The lowest BCUT2D eigenvalue weighted by Crippen LogP contribution is -1.92. The first kappa shape index (κ1) is 41.6. The summed E-state index contributed by atoms with van der Waals surface area (Å²) < 4.78 is 2.59. The highest BCUT2D eigenvalue weighted by molar-refractivity contribution is 7.25. The maximum Gasteiger partial charge on any atom is 0.0361 e. The molecule has 1 aromatic heterocycles. The van der Waals surface area contributed by atoms with E-state index in [9.17, 15) is 0 Å². The van der Waals surface area contributed by atoms with Crippen molar-refractivity contribution in [1.82, 2.24) is 0 Å². The van der Waals surface area contributed by atoms with Crippen molar-refractivity contribution in [3.8, 4) is 66.8 Å². The molecule has 0 radical (unpaired) electrons.